The molecule has 1 saturated heterocycles. The normalized spacial score (nSPS) is 15.7. The number of piperidine rings is 1. The first-order valence-electron chi connectivity index (χ1n) is 6.62. The Morgan fingerprint density at radius 3 is 2.14 bits per heavy atom. The van der Waals surface area contributed by atoms with Crippen molar-refractivity contribution in [1.82, 2.24) is 5.32 Å². The summed E-state index contributed by atoms with van der Waals surface area (Å²) in [7, 11) is 1.35. The highest BCUT2D eigenvalue weighted by atomic mass is 19.2. The summed E-state index contributed by atoms with van der Waals surface area (Å²) in [6.45, 7) is 1.03. The van der Waals surface area contributed by atoms with Crippen molar-refractivity contribution < 1.29 is 22.3 Å². The van der Waals surface area contributed by atoms with E-state index in [0.29, 0.717) is 25.9 Å². The summed E-state index contributed by atoms with van der Waals surface area (Å²) in [6.07, 6.45) is 0.864. The van der Waals surface area contributed by atoms with Gasteiger partial charge in [-0.25, -0.2) is 17.6 Å². The summed E-state index contributed by atoms with van der Waals surface area (Å²) in [6, 6.07) is 0. The smallest absolute Gasteiger partial charge is 0.177 e. The molecule has 1 aromatic carbocycles. The second-order valence-corrected chi connectivity index (χ2v) is 4.80. The topological polar surface area (TPSA) is 21.3 Å². The highest BCUT2D eigenvalue weighted by Gasteiger charge is 2.30. The minimum atomic E-state index is -1.44. The molecule has 0 amide bonds. The Labute approximate surface area is 120 Å². The van der Waals surface area contributed by atoms with Gasteiger partial charge in [-0.05, 0) is 31.8 Å². The second kappa shape index (κ2) is 6.92. The van der Waals surface area contributed by atoms with E-state index in [4.69, 9.17) is 0 Å². The predicted molar refractivity (Wildman–Crippen MR) is 69.9 cm³/mol. The molecule has 0 bridgehead atoms. The molecule has 0 spiro atoms. The number of ether oxygens (including phenoxy) is 1. The van der Waals surface area contributed by atoms with E-state index in [0.717, 1.165) is 0 Å². The molecule has 0 unspecified atom stereocenters. The fraction of sp³-hybridized carbons (Fsp3) is 0.467. The summed E-state index contributed by atoms with van der Waals surface area (Å²) in [5.74, 6) is -1.73. The van der Waals surface area contributed by atoms with Crippen LogP contribution in [0.4, 0.5) is 17.6 Å². The quantitative estimate of drug-likeness (QED) is 0.515. The lowest BCUT2D eigenvalue weighted by molar-refractivity contribution is 0.240. The van der Waals surface area contributed by atoms with E-state index in [-0.39, 0.29) is 6.61 Å². The van der Waals surface area contributed by atoms with Crippen LogP contribution in [0, 0.1) is 35.1 Å². The molecule has 0 radical (unpaired) electrons. The number of benzene rings is 1. The van der Waals surface area contributed by atoms with Crippen LogP contribution in [0.3, 0.4) is 0 Å². The Balaban J connectivity index is 2.48. The molecule has 1 aliphatic rings. The van der Waals surface area contributed by atoms with E-state index in [1.165, 1.54) is 7.11 Å². The summed E-state index contributed by atoms with van der Waals surface area (Å²) in [5.41, 5.74) is -1.40. The van der Waals surface area contributed by atoms with Gasteiger partial charge < -0.3 is 10.1 Å². The minimum Gasteiger partial charge on any atom is -0.372 e. The van der Waals surface area contributed by atoms with E-state index in [1.54, 1.807) is 0 Å². The Morgan fingerprint density at radius 1 is 1.05 bits per heavy atom. The van der Waals surface area contributed by atoms with Crippen LogP contribution in [-0.2, 0) is 4.74 Å². The zero-order valence-electron chi connectivity index (χ0n) is 11.5. The van der Waals surface area contributed by atoms with E-state index in [1.807, 2.05) is 0 Å². The first kappa shape index (κ1) is 15.8. The van der Waals surface area contributed by atoms with E-state index in [2.05, 4.69) is 21.9 Å². The molecular weight excluding hydrogens is 286 g/mol. The highest BCUT2D eigenvalue weighted by molar-refractivity contribution is 5.42. The summed E-state index contributed by atoms with van der Waals surface area (Å²) in [5, 5.41) is 3.03. The molecule has 6 heteroatoms. The number of hydrogen-bond acceptors (Lipinski definition) is 2. The zero-order chi connectivity index (χ0) is 15.4. The van der Waals surface area contributed by atoms with Crippen molar-refractivity contribution in [3.63, 3.8) is 0 Å². The molecule has 1 heterocycles. The molecule has 1 aromatic rings. The largest absolute Gasteiger partial charge is 0.372 e. The lowest BCUT2D eigenvalue weighted by Gasteiger charge is -2.24. The predicted octanol–water partition coefficient (Wildman–Crippen LogP) is 2.71. The van der Waals surface area contributed by atoms with Gasteiger partial charge in [0.2, 0.25) is 0 Å². The maximum absolute atomic E-state index is 14.1. The molecule has 0 saturated carbocycles. The van der Waals surface area contributed by atoms with Gasteiger partial charge in [-0.15, -0.1) is 0 Å². The standard InChI is InChI=1S/C15H15F4NO/c1-21-8-2-3-10-12(16)14(18)11(15(19)13(10)17)9-4-6-20-7-5-9/h9,20H,4-8H2,1H3. The number of nitrogens with one attached hydrogen (secondary N) is 1. The minimum absolute atomic E-state index is 0.0852. The maximum atomic E-state index is 14.1. The highest BCUT2D eigenvalue weighted by Crippen LogP contribution is 2.33. The molecule has 1 N–H and O–H groups in total. The van der Waals surface area contributed by atoms with Crippen molar-refractivity contribution >= 4 is 0 Å². The molecule has 1 aliphatic heterocycles. The lowest BCUT2D eigenvalue weighted by atomic mass is 9.88. The third-order valence-corrected chi connectivity index (χ3v) is 3.47. The second-order valence-electron chi connectivity index (χ2n) is 4.80. The van der Waals surface area contributed by atoms with E-state index >= 15 is 0 Å². The number of rotatable bonds is 2. The SMILES string of the molecule is COCC#Cc1c(F)c(F)c(C2CCNCC2)c(F)c1F. The number of methoxy groups -OCH3 is 1. The number of hydrogen-bond donors (Lipinski definition) is 1. The summed E-state index contributed by atoms with van der Waals surface area (Å²) >= 11 is 0. The zero-order valence-corrected chi connectivity index (χ0v) is 11.5. The molecule has 2 nitrogen and oxygen atoms in total. The van der Waals surface area contributed by atoms with E-state index in [9.17, 15) is 17.6 Å². The van der Waals surface area contributed by atoms with Gasteiger partial charge in [-0.1, -0.05) is 11.8 Å². The third kappa shape index (κ3) is 3.20. The van der Waals surface area contributed by atoms with Crippen molar-refractivity contribution in [2.45, 2.75) is 18.8 Å². The van der Waals surface area contributed by atoms with Gasteiger partial charge in [0, 0.05) is 12.7 Å². The van der Waals surface area contributed by atoms with Crippen molar-refractivity contribution in [2.75, 3.05) is 26.8 Å². The Morgan fingerprint density at radius 2 is 1.62 bits per heavy atom. The first-order valence-corrected chi connectivity index (χ1v) is 6.62. The van der Waals surface area contributed by atoms with Crippen LogP contribution in [0.15, 0.2) is 0 Å². The van der Waals surface area contributed by atoms with Gasteiger partial charge in [0.1, 0.15) is 12.2 Å². The van der Waals surface area contributed by atoms with Gasteiger partial charge >= 0.3 is 0 Å². The van der Waals surface area contributed by atoms with E-state index < -0.39 is 40.3 Å². The van der Waals surface area contributed by atoms with Crippen LogP contribution in [-0.4, -0.2) is 26.8 Å². The van der Waals surface area contributed by atoms with Gasteiger partial charge in [0.15, 0.2) is 23.3 Å². The van der Waals surface area contributed by atoms with Crippen molar-refractivity contribution in [3.05, 3.63) is 34.4 Å². The molecular formula is C15H15F4NO. The van der Waals surface area contributed by atoms with Crippen LogP contribution in [0.1, 0.15) is 29.9 Å². The van der Waals surface area contributed by atoms with Crippen LogP contribution < -0.4 is 5.32 Å². The molecule has 1 fully saturated rings. The van der Waals surface area contributed by atoms with Crippen LogP contribution in [0.5, 0.6) is 0 Å². The Hall–Kier alpha value is -1.58. The van der Waals surface area contributed by atoms with Gasteiger partial charge in [0.25, 0.3) is 0 Å². The van der Waals surface area contributed by atoms with Crippen molar-refractivity contribution in [1.29, 1.82) is 0 Å². The summed E-state index contributed by atoms with van der Waals surface area (Å²) in [4.78, 5) is 0. The van der Waals surface area contributed by atoms with Gasteiger partial charge in [-0.2, -0.15) is 0 Å². The average molecular weight is 301 g/mol. The average Bonchev–Trinajstić information content (AvgIpc) is 2.50. The van der Waals surface area contributed by atoms with Crippen LogP contribution in [0.25, 0.3) is 0 Å². The number of halogens is 4. The van der Waals surface area contributed by atoms with Crippen LogP contribution in [0.2, 0.25) is 0 Å². The Bertz CT molecular complexity index is 557. The van der Waals surface area contributed by atoms with Crippen molar-refractivity contribution in [2.24, 2.45) is 0 Å². The first-order chi connectivity index (χ1) is 10.1. The molecule has 0 aliphatic carbocycles. The monoisotopic (exact) mass is 301 g/mol. The molecule has 0 aromatic heterocycles. The van der Waals surface area contributed by atoms with Crippen LogP contribution >= 0.6 is 0 Å². The molecule has 21 heavy (non-hydrogen) atoms. The molecule has 0 atom stereocenters. The summed E-state index contributed by atoms with van der Waals surface area (Å²) < 4.78 is 60.7. The molecule has 2 rings (SSSR count). The van der Waals surface area contributed by atoms with Crippen molar-refractivity contribution in [3.8, 4) is 11.8 Å². The van der Waals surface area contributed by atoms with Gasteiger partial charge in [0.05, 0.1) is 0 Å². The fourth-order valence-electron chi connectivity index (χ4n) is 2.42. The maximum Gasteiger partial charge on any atom is 0.177 e. The fourth-order valence-corrected chi connectivity index (χ4v) is 2.42. The Kier molecular flexibility index (Phi) is 5.21. The molecule has 114 valence electrons. The van der Waals surface area contributed by atoms with Gasteiger partial charge in [-0.3, -0.25) is 0 Å². The lowest BCUT2D eigenvalue weighted by Crippen LogP contribution is -2.28. The third-order valence-electron chi connectivity index (χ3n) is 3.47.